The maximum atomic E-state index is 13.1. The van der Waals surface area contributed by atoms with Crippen molar-refractivity contribution in [2.24, 2.45) is 0 Å². The van der Waals surface area contributed by atoms with E-state index in [0.717, 1.165) is 59.7 Å². The molecular weight excluding hydrogens is 516 g/mol. The molecule has 1 aromatic heterocycles. The number of fused-ring (bicyclic) bond motifs is 1. The molecule has 3 aromatic carbocycles. The number of hydroxylamine groups is 2. The average molecular weight is 553 g/mol. The number of aromatic nitrogens is 2. The van der Waals surface area contributed by atoms with Gasteiger partial charge >= 0.3 is 6.03 Å². The highest BCUT2D eigenvalue weighted by Crippen LogP contribution is 2.32. The number of amides is 3. The van der Waals surface area contributed by atoms with E-state index in [-0.39, 0.29) is 24.0 Å². The molecule has 9 nitrogen and oxygen atoms in total. The third-order valence-electron chi connectivity index (χ3n) is 8.28. The first-order valence-electron chi connectivity index (χ1n) is 14.3. The van der Waals surface area contributed by atoms with Crippen LogP contribution < -0.4 is 10.6 Å². The van der Waals surface area contributed by atoms with E-state index in [1.165, 1.54) is 5.06 Å². The smallest absolute Gasteiger partial charge is 0.346 e. The van der Waals surface area contributed by atoms with Crippen LogP contribution in [0.2, 0.25) is 0 Å². The highest BCUT2D eigenvalue weighted by molar-refractivity contribution is 6.05. The van der Waals surface area contributed by atoms with Crippen LogP contribution in [0.5, 0.6) is 0 Å². The Hall–Kier alpha value is -4.21. The minimum Gasteiger partial charge on any atom is -0.348 e. The molecule has 4 aromatic rings. The Morgan fingerprint density at radius 3 is 2.49 bits per heavy atom. The van der Waals surface area contributed by atoms with Crippen LogP contribution in [0.1, 0.15) is 54.2 Å². The summed E-state index contributed by atoms with van der Waals surface area (Å²) in [4.78, 5) is 34.1. The Kier molecular flexibility index (Phi) is 7.71. The van der Waals surface area contributed by atoms with Gasteiger partial charge in [-0.1, -0.05) is 48.5 Å². The summed E-state index contributed by atoms with van der Waals surface area (Å²) in [5.74, 6) is -0.139. The monoisotopic (exact) mass is 552 g/mol. The van der Waals surface area contributed by atoms with Crippen LogP contribution >= 0.6 is 0 Å². The quantitative estimate of drug-likeness (QED) is 0.283. The number of benzene rings is 3. The van der Waals surface area contributed by atoms with Gasteiger partial charge in [-0.2, -0.15) is 10.2 Å². The number of nitrogens with one attached hydrogen (secondary N) is 3. The van der Waals surface area contributed by atoms with Crippen LogP contribution in [-0.4, -0.2) is 64.9 Å². The summed E-state index contributed by atoms with van der Waals surface area (Å²) in [6, 6.07) is 23.8. The molecule has 9 heteroatoms. The van der Waals surface area contributed by atoms with Crippen molar-refractivity contribution in [1.82, 2.24) is 25.5 Å². The summed E-state index contributed by atoms with van der Waals surface area (Å²) in [6.45, 7) is 0.495. The maximum absolute atomic E-state index is 13.1. The van der Waals surface area contributed by atoms with Crippen LogP contribution in [0, 0.1) is 0 Å². The maximum Gasteiger partial charge on any atom is 0.346 e. The normalized spacial score (nSPS) is 20.9. The lowest BCUT2D eigenvalue weighted by molar-refractivity contribution is -0.0829. The molecule has 1 saturated heterocycles. The van der Waals surface area contributed by atoms with Gasteiger partial charge in [-0.05, 0) is 80.7 Å². The Bertz CT molecular complexity index is 1530. The van der Waals surface area contributed by atoms with Gasteiger partial charge in [-0.15, -0.1) is 0 Å². The highest BCUT2D eigenvalue weighted by Gasteiger charge is 2.32. The summed E-state index contributed by atoms with van der Waals surface area (Å²) in [7, 11) is 4.23. The first-order valence-corrected chi connectivity index (χ1v) is 14.3. The van der Waals surface area contributed by atoms with E-state index in [1.807, 2.05) is 72.8 Å². The van der Waals surface area contributed by atoms with Gasteiger partial charge in [0.25, 0.3) is 5.91 Å². The number of carbonyl (C=O) groups excluding carboxylic acids is 2. The van der Waals surface area contributed by atoms with Crippen LogP contribution in [0.3, 0.4) is 0 Å². The van der Waals surface area contributed by atoms with Gasteiger partial charge in [0.1, 0.15) is 0 Å². The zero-order valence-electron chi connectivity index (χ0n) is 23.5. The van der Waals surface area contributed by atoms with Gasteiger partial charge in [0.05, 0.1) is 18.2 Å². The van der Waals surface area contributed by atoms with Crippen LogP contribution in [-0.2, 0) is 4.84 Å². The van der Waals surface area contributed by atoms with E-state index in [0.29, 0.717) is 24.0 Å². The molecule has 2 aliphatic rings. The number of nitrogens with zero attached hydrogens (tertiary/aromatic N) is 3. The van der Waals surface area contributed by atoms with Crippen LogP contribution in [0.15, 0.2) is 72.8 Å². The van der Waals surface area contributed by atoms with Crippen LogP contribution in [0.25, 0.3) is 22.0 Å². The van der Waals surface area contributed by atoms with Crippen molar-refractivity contribution in [3.05, 3.63) is 84.1 Å². The molecule has 3 N–H and O–H groups in total. The van der Waals surface area contributed by atoms with Crippen molar-refractivity contribution in [1.29, 1.82) is 0 Å². The molecular formula is C32H36N6O3. The fraction of sp³-hybridized carbons (Fsp3) is 0.344. The molecule has 1 aliphatic heterocycles. The van der Waals surface area contributed by atoms with E-state index in [1.54, 1.807) is 0 Å². The third-order valence-corrected chi connectivity index (χ3v) is 8.28. The van der Waals surface area contributed by atoms with E-state index >= 15 is 0 Å². The minimum absolute atomic E-state index is 0.123. The van der Waals surface area contributed by atoms with E-state index in [2.05, 4.69) is 39.8 Å². The molecule has 3 amide bonds. The third kappa shape index (κ3) is 5.82. The van der Waals surface area contributed by atoms with Crippen molar-refractivity contribution in [3.8, 4) is 11.1 Å². The average Bonchev–Trinajstić information content (AvgIpc) is 3.66. The Balaban J connectivity index is 1.13. The molecule has 2 fully saturated rings. The predicted molar refractivity (Wildman–Crippen MR) is 159 cm³/mol. The van der Waals surface area contributed by atoms with E-state index in [9.17, 15) is 9.59 Å². The number of hydrogen-bond donors (Lipinski definition) is 3. The highest BCUT2D eigenvalue weighted by atomic mass is 16.7. The predicted octanol–water partition coefficient (Wildman–Crippen LogP) is 5.74. The number of anilines is 1. The van der Waals surface area contributed by atoms with Gasteiger partial charge in [0, 0.05) is 29.6 Å². The standard InChI is InChI=1S/C32H36N6O3/c1-37(2)26-14-12-24(13-15-26)33-31(39)30-27-16-11-23(20-28(27)35-36-30)22-9-6-10-25(19-22)34-32(40)38-29(17-18-41-38)21-7-4-3-5-8-21/h3-11,16,19-20,24,26,29H,12-15,17-18H2,1-2H3,(H,33,39)(H,34,40)(H,35,36)/t24?,26?,29-/m0/s1. The SMILES string of the molecule is CN(C)C1CCC(NC(=O)c2n[nH]c3cc(-c4cccc(NC(=O)N5OCC[C@H]5c5ccccc5)c4)ccc23)CC1. The zero-order chi connectivity index (χ0) is 28.3. The number of carbonyl (C=O) groups is 2. The molecule has 0 radical (unpaired) electrons. The second-order valence-electron chi connectivity index (χ2n) is 11.2. The molecule has 0 spiro atoms. The Labute approximate surface area is 239 Å². The second-order valence-corrected chi connectivity index (χ2v) is 11.2. The number of aromatic amines is 1. The molecule has 0 bridgehead atoms. The Morgan fingerprint density at radius 2 is 1.71 bits per heavy atom. The molecule has 0 unspecified atom stereocenters. The molecule has 6 rings (SSSR count). The van der Waals surface area contributed by atoms with Crippen molar-refractivity contribution in [2.45, 2.75) is 50.2 Å². The molecule has 1 saturated carbocycles. The first-order chi connectivity index (χ1) is 20.0. The molecule has 212 valence electrons. The number of rotatable bonds is 6. The van der Waals surface area contributed by atoms with Gasteiger partial charge in [0.15, 0.2) is 5.69 Å². The van der Waals surface area contributed by atoms with Crippen molar-refractivity contribution in [3.63, 3.8) is 0 Å². The lowest BCUT2D eigenvalue weighted by Crippen LogP contribution is -2.41. The molecule has 1 atom stereocenters. The summed E-state index contributed by atoms with van der Waals surface area (Å²) < 4.78 is 0. The molecule has 2 heterocycles. The number of urea groups is 1. The van der Waals surface area contributed by atoms with E-state index < -0.39 is 0 Å². The van der Waals surface area contributed by atoms with Crippen molar-refractivity contribution >= 4 is 28.5 Å². The van der Waals surface area contributed by atoms with Crippen molar-refractivity contribution < 1.29 is 14.4 Å². The lowest BCUT2D eigenvalue weighted by Gasteiger charge is -2.32. The fourth-order valence-electron chi connectivity index (χ4n) is 5.96. The minimum atomic E-state index is -0.302. The summed E-state index contributed by atoms with van der Waals surface area (Å²) >= 11 is 0. The first kappa shape index (κ1) is 27.0. The van der Waals surface area contributed by atoms with Gasteiger partial charge < -0.3 is 15.5 Å². The fourth-order valence-corrected chi connectivity index (χ4v) is 5.96. The largest absolute Gasteiger partial charge is 0.348 e. The van der Waals surface area contributed by atoms with Crippen molar-refractivity contribution in [2.75, 3.05) is 26.0 Å². The topological polar surface area (TPSA) is 103 Å². The Morgan fingerprint density at radius 1 is 0.927 bits per heavy atom. The van der Waals surface area contributed by atoms with Crippen LogP contribution in [0.4, 0.5) is 10.5 Å². The second kappa shape index (κ2) is 11.7. The summed E-state index contributed by atoms with van der Waals surface area (Å²) in [6.07, 6.45) is 4.87. The molecule has 41 heavy (non-hydrogen) atoms. The van der Waals surface area contributed by atoms with Gasteiger partial charge in [0.2, 0.25) is 0 Å². The molecule has 1 aliphatic carbocycles. The zero-order valence-corrected chi connectivity index (χ0v) is 23.5. The summed E-state index contributed by atoms with van der Waals surface area (Å²) in [5.41, 5.74) is 4.81. The number of H-pyrrole nitrogens is 1. The van der Waals surface area contributed by atoms with E-state index in [4.69, 9.17) is 4.84 Å². The number of hydrogen-bond acceptors (Lipinski definition) is 5. The lowest BCUT2D eigenvalue weighted by atomic mass is 9.90. The summed E-state index contributed by atoms with van der Waals surface area (Å²) in [5, 5.41) is 15.8. The van der Waals surface area contributed by atoms with Gasteiger partial charge in [-0.3, -0.25) is 14.7 Å². The van der Waals surface area contributed by atoms with Gasteiger partial charge in [-0.25, -0.2) is 4.79 Å².